The van der Waals surface area contributed by atoms with E-state index in [1.807, 2.05) is 6.08 Å². The van der Waals surface area contributed by atoms with Gasteiger partial charge in [-0.3, -0.25) is 9.59 Å². The highest BCUT2D eigenvalue weighted by molar-refractivity contribution is 5.76. The van der Waals surface area contributed by atoms with Gasteiger partial charge in [0.1, 0.15) is 24.4 Å². The largest absolute Gasteiger partial charge is 0.466 e. The first-order valence-corrected chi connectivity index (χ1v) is 32.4. The lowest BCUT2D eigenvalue weighted by Gasteiger charge is -2.40. The van der Waals surface area contributed by atoms with Gasteiger partial charge in [0.15, 0.2) is 6.29 Å². The Morgan fingerprint density at radius 3 is 1.36 bits per heavy atom. The fraction of sp³-hybridized carbons (Fsp3) is 0.848. The maximum Gasteiger partial charge on any atom is 0.305 e. The summed E-state index contributed by atoms with van der Waals surface area (Å²) in [6.45, 7) is 4.32. The van der Waals surface area contributed by atoms with Crippen molar-refractivity contribution in [2.75, 3.05) is 19.8 Å². The van der Waals surface area contributed by atoms with Crippen molar-refractivity contribution in [1.82, 2.24) is 5.32 Å². The molecular formula is C66H121NO10. The quantitative estimate of drug-likeness (QED) is 0.0195. The Hall–Kier alpha value is -2.38. The van der Waals surface area contributed by atoms with Crippen LogP contribution in [0.4, 0.5) is 0 Å². The maximum atomic E-state index is 13.0. The Morgan fingerprint density at radius 1 is 0.481 bits per heavy atom. The molecule has 7 unspecified atom stereocenters. The van der Waals surface area contributed by atoms with Gasteiger partial charge in [-0.25, -0.2) is 0 Å². The Labute approximate surface area is 472 Å². The third kappa shape index (κ3) is 45.0. The Bertz CT molecular complexity index is 1420. The van der Waals surface area contributed by atoms with Crippen LogP contribution in [0, 0.1) is 0 Å². The van der Waals surface area contributed by atoms with Gasteiger partial charge in [0.25, 0.3) is 0 Å². The molecule has 77 heavy (non-hydrogen) atoms. The average molecular weight is 1090 g/mol. The normalized spacial score (nSPS) is 18.9. The summed E-state index contributed by atoms with van der Waals surface area (Å²) < 4.78 is 16.7. The number of esters is 1. The fourth-order valence-electron chi connectivity index (χ4n) is 10.0. The van der Waals surface area contributed by atoms with Crippen LogP contribution >= 0.6 is 0 Å². The van der Waals surface area contributed by atoms with Crippen LogP contribution in [-0.2, 0) is 23.8 Å². The van der Waals surface area contributed by atoms with Crippen molar-refractivity contribution in [2.45, 2.75) is 339 Å². The number of hydrogen-bond donors (Lipinski definition) is 6. The number of carbonyl (C=O) groups is 2. The van der Waals surface area contributed by atoms with E-state index < -0.39 is 49.5 Å². The van der Waals surface area contributed by atoms with Crippen molar-refractivity contribution in [1.29, 1.82) is 0 Å². The molecule has 0 aromatic heterocycles. The summed E-state index contributed by atoms with van der Waals surface area (Å²) in [4.78, 5) is 25.1. The predicted molar refractivity (Wildman–Crippen MR) is 320 cm³/mol. The Kier molecular flexibility index (Phi) is 52.4. The van der Waals surface area contributed by atoms with Gasteiger partial charge in [0.05, 0.1) is 32.0 Å². The van der Waals surface area contributed by atoms with Gasteiger partial charge in [-0.2, -0.15) is 0 Å². The molecule has 1 aliphatic heterocycles. The van der Waals surface area contributed by atoms with Crippen LogP contribution < -0.4 is 5.32 Å². The SMILES string of the molecule is CCCCCCCCC/C=C/CC/C=C/C(O)C(COC1OC(CO)C(O)C(O)C1O)NC(=O)CCCCCCCCCCC/C=C\C/C=C\CCCCCCCCCCCOC(=O)CCCCCCCCCCCCC. The number of rotatable bonds is 56. The Morgan fingerprint density at radius 2 is 0.883 bits per heavy atom. The number of allylic oxidation sites excluding steroid dienone is 7. The van der Waals surface area contributed by atoms with E-state index in [0.717, 1.165) is 83.5 Å². The molecule has 7 atom stereocenters. The zero-order valence-electron chi connectivity index (χ0n) is 49.7. The standard InChI is InChI=1S/C66H121NO10/c1-3-5-7-9-11-13-15-29-33-36-40-44-48-52-59(69)58(57-76-66-65(74)64(73)63(72)60(56-68)77-66)67-61(70)53-49-45-41-37-34-30-27-25-23-21-19-17-16-18-20-22-24-26-28-31-35-39-43-47-51-55-75-62(71)54-50-46-42-38-32-14-12-10-8-6-4-2/h17-20,33,36,48,52,58-60,63-66,68-69,72-74H,3-16,21-32,34-35,37-47,49-51,53-57H2,1-2H3,(H,67,70)/b19-17-,20-18-,36-33+,52-48+. The minimum absolute atomic E-state index is 0.00250. The van der Waals surface area contributed by atoms with E-state index in [1.54, 1.807) is 6.08 Å². The van der Waals surface area contributed by atoms with Gasteiger partial charge in [-0.15, -0.1) is 0 Å². The van der Waals surface area contributed by atoms with E-state index in [1.165, 1.54) is 186 Å². The zero-order valence-corrected chi connectivity index (χ0v) is 49.7. The van der Waals surface area contributed by atoms with Crippen LogP contribution in [0.3, 0.4) is 0 Å². The maximum absolute atomic E-state index is 13.0. The lowest BCUT2D eigenvalue weighted by Crippen LogP contribution is -2.60. The zero-order chi connectivity index (χ0) is 55.9. The van der Waals surface area contributed by atoms with Gasteiger partial charge in [0.2, 0.25) is 5.91 Å². The van der Waals surface area contributed by atoms with E-state index in [9.17, 15) is 35.1 Å². The van der Waals surface area contributed by atoms with Crippen molar-refractivity contribution < 1.29 is 49.3 Å². The molecule has 1 saturated heterocycles. The fourth-order valence-corrected chi connectivity index (χ4v) is 10.0. The molecule has 0 aromatic rings. The molecule has 0 radical (unpaired) electrons. The van der Waals surface area contributed by atoms with Gasteiger partial charge in [-0.1, -0.05) is 255 Å². The lowest BCUT2D eigenvalue weighted by molar-refractivity contribution is -0.302. The van der Waals surface area contributed by atoms with Gasteiger partial charge < -0.3 is 45.1 Å². The van der Waals surface area contributed by atoms with E-state index in [-0.39, 0.29) is 18.5 Å². The number of aliphatic hydroxyl groups excluding tert-OH is 5. The summed E-state index contributed by atoms with van der Waals surface area (Å²) in [5.74, 6) is -0.201. The van der Waals surface area contributed by atoms with Crippen LogP contribution in [0.25, 0.3) is 0 Å². The molecule has 1 heterocycles. The first-order chi connectivity index (χ1) is 37.7. The molecule has 1 fully saturated rings. The molecule has 0 aromatic carbocycles. The summed E-state index contributed by atoms with van der Waals surface area (Å²) in [6.07, 6.45) is 60.7. The van der Waals surface area contributed by atoms with Crippen LogP contribution in [0.2, 0.25) is 0 Å². The molecule has 0 aliphatic carbocycles. The molecule has 0 saturated carbocycles. The molecule has 6 N–H and O–H groups in total. The second-order valence-corrected chi connectivity index (χ2v) is 22.5. The van der Waals surface area contributed by atoms with E-state index in [4.69, 9.17) is 14.2 Å². The number of unbranched alkanes of at least 4 members (excludes halogenated alkanes) is 36. The van der Waals surface area contributed by atoms with E-state index >= 15 is 0 Å². The minimum atomic E-state index is -1.58. The number of amides is 1. The summed E-state index contributed by atoms with van der Waals surface area (Å²) in [7, 11) is 0. The highest BCUT2D eigenvalue weighted by Crippen LogP contribution is 2.23. The smallest absolute Gasteiger partial charge is 0.305 e. The van der Waals surface area contributed by atoms with Crippen molar-refractivity contribution in [3.05, 3.63) is 48.6 Å². The molecule has 1 amide bonds. The number of nitrogens with one attached hydrogen (secondary N) is 1. The van der Waals surface area contributed by atoms with Crippen LogP contribution in [-0.4, -0.2) is 100 Å². The lowest BCUT2D eigenvalue weighted by atomic mass is 9.99. The van der Waals surface area contributed by atoms with Crippen LogP contribution in [0.5, 0.6) is 0 Å². The summed E-state index contributed by atoms with van der Waals surface area (Å²) in [5, 5.41) is 54.4. The first-order valence-electron chi connectivity index (χ1n) is 32.4. The number of ether oxygens (including phenoxy) is 3. The van der Waals surface area contributed by atoms with Crippen molar-refractivity contribution in [3.63, 3.8) is 0 Å². The van der Waals surface area contributed by atoms with Crippen molar-refractivity contribution in [2.24, 2.45) is 0 Å². The van der Waals surface area contributed by atoms with E-state index in [0.29, 0.717) is 19.4 Å². The molecule has 11 nitrogen and oxygen atoms in total. The van der Waals surface area contributed by atoms with Gasteiger partial charge >= 0.3 is 5.97 Å². The molecular weight excluding hydrogens is 967 g/mol. The van der Waals surface area contributed by atoms with Crippen molar-refractivity contribution >= 4 is 11.9 Å². The predicted octanol–water partition coefficient (Wildman–Crippen LogP) is 15.6. The molecule has 11 heteroatoms. The average Bonchev–Trinajstić information content (AvgIpc) is 3.43. The van der Waals surface area contributed by atoms with Crippen LogP contribution in [0.1, 0.15) is 296 Å². The number of hydrogen-bond acceptors (Lipinski definition) is 10. The van der Waals surface area contributed by atoms with Crippen molar-refractivity contribution in [3.8, 4) is 0 Å². The van der Waals surface area contributed by atoms with E-state index in [2.05, 4.69) is 55.6 Å². The molecule has 1 aliphatic rings. The molecule has 0 spiro atoms. The Balaban J connectivity index is 2.06. The third-order valence-electron chi connectivity index (χ3n) is 15.2. The molecule has 450 valence electrons. The number of aliphatic hydroxyl groups is 5. The summed E-state index contributed by atoms with van der Waals surface area (Å²) in [6, 6.07) is -0.833. The second-order valence-electron chi connectivity index (χ2n) is 22.5. The van der Waals surface area contributed by atoms with Gasteiger partial charge in [-0.05, 0) is 77.0 Å². The highest BCUT2D eigenvalue weighted by atomic mass is 16.7. The topological polar surface area (TPSA) is 175 Å². The third-order valence-corrected chi connectivity index (χ3v) is 15.2. The summed E-state index contributed by atoms with van der Waals surface area (Å²) >= 11 is 0. The number of carbonyl (C=O) groups excluding carboxylic acids is 2. The minimum Gasteiger partial charge on any atom is -0.466 e. The summed E-state index contributed by atoms with van der Waals surface area (Å²) in [5.41, 5.74) is 0. The first kappa shape index (κ1) is 72.6. The molecule has 1 rings (SSSR count). The second kappa shape index (κ2) is 55.5. The highest BCUT2D eigenvalue weighted by Gasteiger charge is 2.44. The van der Waals surface area contributed by atoms with Crippen LogP contribution in [0.15, 0.2) is 48.6 Å². The van der Waals surface area contributed by atoms with Gasteiger partial charge in [0, 0.05) is 12.8 Å². The molecule has 0 bridgehead atoms. The monoisotopic (exact) mass is 1090 g/mol.